The fourth-order valence-corrected chi connectivity index (χ4v) is 3.24. The maximum atomic E-state index is 4.54. The van der Waals surface area contributed by atoms with Crippen LogP contribution in [0.25, 0.3) is 11.3 Å². The minimum absolute atomic E-state index is 0.756. The van der Waals surface area contributed by atoms with Crippen LogP contribution in [0.5, 0.6) is 0 Å². The van der Waals surface area contributed by atoms with Gasteiger partial charge in [-0.1, -0.05) is 86.0 Å². The van der Waals surface area contributed by atoms with Crippen LogP contribution < -0.4 is 0 Å². The van der Waals surface area contributed by atoms with Crippen LogP contribution in [-0.4, -0.2) is 15.0 Å². The average molecular weight is 333 g/mol. The van der Waals surface area contributed by atoms with E-state index in [2.05, 4.69) is 77.4 Å². The van der Waals surface area contributed by atoms with Crippen LogP contribution in [0.4, 0.5) is 0 Å². The summed E-state index contributed by atoms with van der Waals surface area (Å²) in [6, 6.07) is 19.0. The minimum atomic E-state index is 0.756. The normalized spacial score (nSPS) is 11.0. The Hall–Kier alpha value is -2.42. The highest BCUT2D eigenvalue weighted by molar-refractivity contribution is 5.66. The number of aromatic nitrogens is 3. The number of nitrogens with zero attached hydrogens (tertiary/aromatic N) is 3. The summed E-state index contributed by atoms with van der Waals surface area (Å²) in [5.41, 5.74) is 6.07. The Bertz CT molecular complexity index is 790. The molecule has 3 rings (SSSR count). The maximum absolute atomic E-state index is 4.54. The van der Waals surface area contributed by atoms with Gasteiger partial charge in [0.15, 0.2) is 0 Å². The van der Waals surface area contributed by atoms with Gasteiger partial charge in [-0.15, -0.1) is 5.10 Å². The molecular weight excluding hydrogens is 306 g/mol. The smallest absolute Gasteiger partial charge is 0.0924 e. The van der Waals surface area contributed by atoms with Crippen molar-refractivity contribution < 1.29 is 0 Å². The van der Waals surface area contributed by atoms with Crippen molar-refractivity contribution in [2.24, 2.45) is 0 Å². The summed E-state index contributed by atoms with van der Waals surface area (Å²) in [6.07, 6.45) is 5.98. The largest absolute Gasteiger partial charge is 0.240 e. The first-order valence-electron chi connectivity index (χ1n) is 9.32. The van der Waals surface area contributed by atoms with E-state index in [0.29, 0.717) is 0 Å². The highest BCUT2D eigenvalue weighted by Gasteiger charge is 2.16. The van der Waals surface area contributed by atoms with Gasteiger partial charge in [0.2, 0.25) is 0 Å². The van der Waals surface area contributed by atoms with Crippen LogP contribution in [0.3, 0.4) is 0 Å². The van der Waals surface area contributed by atoms with E-state index >= 15 is 0 Å². The standard InChI is InChI=1S/C22H27N3/c1-3-4-5-9-16-21-22(20-15-11-10-12-18(20)2)25(24-23-21)17-19-13-7-6-8-14-19/h6-8,10-15H,3-5,9,16-17H2,1-2H3. The number of hydrogen-bond donors (Lipinski definition) is 0. The van der Waals surface area contributed by atoms with E-state index in [1.54, 1.807) is 0 Å². The molecule has 3 heteroatoms. The second-order valence-corrected chi connectivity index (χ2v) is 6.65. The van der Waals surface area contributed by atoms with Crippen LogP contribution in [0.15, 0.2) is 54.6 Å². The lowest BCUT2D eigenvalue weighted by molar-refractivity contribution is 0.648. The fourth-order valence-electron chi connectivity index (χ4n) is 3.24. The van der Waals surface area contributed by atoms with Crippen LogP contribution in [-0.2, 0) is 13.0 Å². The van der Waals surface area contributed by atoms with Crippen LogP contribution in [0.2, 0.25) is 0 Å². The topological polar surface area (TPSA) is 30.7 Å². The summed E-state index contributed by atoms with van der Waals surface area (Å²) in [4.78, 5) is 0. The molecule has 25 heavy (non-hydrogen) atoms. The fraction of sp³-hybridized carbons (Fsp3) is 0.364. The summed E-state index contributed by atoms with van der Waals surface area (Å²) < 4.78 is 2.06. The molecule has 0 saturated carbocycles. The molecule has 0 radical (unpaired) electrons. The molecule has 3 aromatic rings. The zero-order chi connectivity index (χ0) is 17.5. The number of unbranched alkanes of at least 4 members (excludes halogenated alkanes) is 3. The molecule has 2 aromatic carbocycles. The summed E-state index contributed by atoms with van der Waals surface area (Å²) in [5.74, 6) is 0. The zero-order valence-corrected chi connectivity index (χ0v) is 15.3. The van der Waals surface area contributed by atoms with Gasteiger partial charge in [0.25, 0.3) is 0 Å². The third-order valence-corrected chi connectivity index (χ3v) is 4.65. The van der Waals surface area contributed by atoms with Gasteiger partial charge in [0.05, 0.1) is 17.9 Å². The third-order valence-electron chi connectivity index (χ3n) is 4.65. The highest BCUT2D eigenvalue weighted by Crippen LogP contribution is 2.27. The molecule has 0 aliphatic heterocycles. The molecule has 1 heterocycles. The second-order valence-electron chi connectivity index (χ2n) is 6.65. The zero-order valence-electron chi connectivity index (χ0n) is 15.3. The molecule has 1 aromatic heterocycles. The van der Waals surface area contributed by atoms with Crippen molar-refractivity contribution in [1.82, 2.24) is 15.0 Å². The summed E-state index contributed by atoms with van der Waals surface area (Å²) in [6.45, 7) is 5.16. The van der Waals surface area contributed by atoms with Crippen molar-refractivity contribution in [2.45, 2.75) is 52.5 Å². The molecule has 0 atom stereocenters. The van der Waals surface area contributed by atoms with Gasteiger partial charge >= 0.3 is 0 Å². The molecule has 0 aliphatic rings. The molecule has 0 saturated heterocycles. The van der Waals surface area contributed by atoms with E-state index in [-0.39, 0.29) is 0 Å². The van der Waals surface area contributed by atoms with E-state index < -0.39 is 0 Å². The first-order chi connectivity index (χ1) is 12.3. The van der Waals surface area contributed by atoms with Crippen molar-refractivity contribution in [3.05, 3.63) is 71.4 Å². The molecule has 0 bridgehead atoms. The first-order valence-corrected chi connectivity index (χ1v) is 9.32. The Morgan fingerprint density at radius 1 is 0.880 bits per heavy atom. The predicted octanol–water partition coefficient (Wildman–Crippen LogP) is 5.42. The van der Waals surface area contributed by atoms with E-state index in [0.717, 1.165) is 18.7 Å². The van der Waals surface area contributed by atoms with Crippen molar-refractivity contribution in [2.75, 3.05) is 0 Å². The molecule has 0 fully saturated rings. The number of aryl methyl sites for hydroxylation is 2. The monoisotopic (exact) mass is 333 g/mol. The van der Waals surface area contributed by atoms with Crippen LogP contribution in [0.1, 0.15) is 49.4 Å². The average Bonchev–Trinajstić information content (AvgIpc) is 3.02. The quantitative estimate of drug-likeness (QED) is 0.515. The SMILES string of the molecule is CCCCCCc1nnn(Cc2ccccc2)c1-c1ccccc1C. The molecule has 0 unspecified atom stereocenters. The van der Waals surface area contributed by atoms with Crippen molar-refractivity contribution in [1.29, 1.82) is 0 Å². The second kappa shape index (κ2) is 8.61. The Morgan fingerprint density at radius 3 is 2.40 bits per heavy atom. The highest BCUT2D eigenvalue weighted by atomic mass is 15.4. The van der Waals surface area contributed by atoms with Gasteiger partial charge < -0.3 is 0 Å². The first kappa shape index (κ1) is 17.4. The van der Waals surface area contributed by atoms with Gasteiger partial charge in [0, 0.05) is 5.56 Å². The Balaban J connectivity index is 1.92. The molecular formula is C22H27N3. The Kier molecular flexibility index (Phi) is 5.99. The van der Waals surface area contributed by atoms with Gasteiger partial charge in [-0.2, -0.15) is 0 Å². The number of benzene rings is 2. The van der Waals surface area contributed by atoms with Crippen molar-refractivity contribution >= 4 is 0 Å². The summed E-state index contributed by atoms with van der Waals surface area (Å²) >= 11 is 0. The lowest BCUT2D eigenvalue weighted by Crippen LogP contribution is -2.05. The third kappa shape index (κ3) is 4.36. The van der Waals surface area contributed by atoms with Gasteiger partial charge in [-0.3, -0.25) is 0 Å². The van der Waals surface area contributed by atoms with Crippen molar-refractivity contribution in [3.63, 3.8) is 0 Å². The molecule has 0 N–H and O–H groups in total. The van der Waals surface area contributed by atoms with Gasteiger partial charge in [0.1, 0.15) is 0 Å². The lowest BCUT2D eigenvalue weighted by Gasteiger charge is -2.11. The maximum Gasteiger partial charge on any atom is 0.0924 e. The molecule has 0 aliphatic carbocycles. The summed E-state index contributed by atoms with van der Waals surface area (Å²) in [7, 11) is 0. The lowest BCUT2D eigenvalue weighted by atomic mass is 10.0. The molecule has 0 spiro atoms. The van der Waals surface area contributed by atoms with Crippen molar-refractivity contribution in [3.8, 4) is 11.3 Å². The Morgan fingerprint density at radius 2 is 1.64 bits per heavy atom. The van der Waals surface area contributed by atoms with Crippen LogP contribution >= 0.6 is 0 Å². The number of hydrogen-bond acceptors (Lipinski definition) is 2. The van der Waals surface area contributed by atoms with E-state index in [1.807, 2.05) is 6.07 Å². The van der Waals surface area contributed by atoms with Gasteiger partial charge in [-0.25, -0.2) is 4.68 Å². The minimum Gasteiger partial charge on any atom is -0.240 e. The molecule has 130 valence electrons. The molecule has 3 nitrogen and oxygen atoms in total. The number of rotatable bonds is 8. The van der Waals surface area contributed by atoms with Crippen LogP contribution in [0, 0.1) is 6.92 Å². The van der Waals surface area contributed by atoms with E-state index in [4.69, 9.17) is 0 Å². The van der Waals surface area contributed by atoms with E-state index in [1.165, 1.54) is 48.1 Å². The predicted molar refractivity (Wildman–Crippen MR) is 104 cm³/mol. The Labute approximate surface area is 150 Å². The summed E-state index contributed by atoms with van der Waals surface area (Å²) in [5, 5.41) is 9.03. The van der Waals surface area contributed by atoms with E-state index in [9.17, 15) is 0 Å². The van der Waals surface area contributed by atoms with Gasteiger partial charge in [-0.05, 0) is 30.9 Å². The molecule has 0 amide bonds.